The number of cyclic esters (lactones) is 1. The van der Waals surface area contributed by atoms with Crippen molar-refractivity contribution in [1.82, 2.24) is 19.8 Å². The number of aliphatic hydroxyl groups is 4. The van der Waals surface area contributed by atoms with E-state index in [-0.39, 0.29) is 31.1 Å². The van der Waals surface area contributed by atoms with Crippen molar-refractivity contribution in [2.75, 3.05) is 27.8 Å². The topological polar surface area (TPSA) is 214 Å². The molecule has 18 atom stereocenters. The van der Waals surface area contributed by atoms with E-state index in [4.69, 9.17) is 41.1 Å². The molecular formula is C41H71BN4O13. The van der Waals surface area contributed by atoms with Gasteiger partial charge in [-0.1, -0.05) is 32.9 Å². The molecule has 0 unspecified atom stereocenters. The zero-order valence-electron chi connectivity index (χ0n) is 37.3. The molecule has 0 aliphatic carbocycles. The molecule has 0 saturated carbocycles. The highest BCUT2D eigenvalue weighted by Gasteiger charge is 2.54. The summed E-state index contributed by atoms with van der Waals surface area (Å²) in [6.07, 6.45) is -7.22. The molecule has 336 valence electrons. The van der Waals surface area contributed by atoms with Crippen molar-refractivity contribution in [3.63, 3.8) is 0 Å². The van der Waals surface area contributed by atoms with E-state index < -0.39 is 108 Å². The second-order valence-electron chi connectivity index (χ2n) is 18.1. The van der Waals surface area contributed by atoms with Crippen molar-refractivity contribution in [3.8, 4) is 0 Å². The largest absolute Gasteiger partial charge is 0.459 e. The van der Waals surface area contributed by atoms with E-state index in [1.165, 1.54) is 21.1 Å². The number of aliphatic hydroxyl groups excluding tert-OH is 3. The molecular weight excluding hydrogens is 767 g/mol. The fourth-order valence-corrected chi connectivity index (χ4v) is 9.39. The Morgan fingerprint density at radius 1 is 0.949 bits per heavy atom. The van der Waals surface area contributed by atoms with Crippen LogP contribution in [-0.4, -0.2) is 172 Å². The zero-order chi connectivity index (χ0) is 44.4. The van der Waals surface area contributed by atoms with Gasteiger partial charge in [0.05, 0.1) is 53.3 Å². The molecule has 4 N–H and O–H groups in total. The number of ketones is 1. The molecule has 0 spiro atoms. The highest BCUT2D eigenvalue weighted by Crippen LogP contribution is 2.42. The molecule has 1 aromatic rings. The van der Waals surface area contributed by atoms with Gasteiger partial charge in [0.1, 0.15) is 29.7 Å². The minimum absolute atomic E-state index is 0.0771. The fraction of sp³-hybridized carbons (Fsp3) is 0.902. The number of hydrogen-bond acceptors (Lipinski definition) is 16. The van der Waals surface area contributed by atoms with Crippen LogP contribution in [0.2, 0.25) is 0 Å². The number of rotatable bonds is 11. The Balaban J connectivity index is 1.80. The van der Waals surface area contributed by atoms with Crippen molar-refractivity contribution in [2.45, 2.75) is 186 Å². The van der Waals surface area contributed by atoms with Crippen molar-refractivity contribution in [2.24, 2.45) is 23.7 Å². The monoisotopic (exact) mass is 839 g/mol. The number of carbonyl (C=O) groups excluding carboxylic acids is 2. The first kappa shape index (κ1) is 49.6. The molecule has 3 fully saturated rings. The second-order valence-corrected chi connectivity index (χ2v) is 18.1. The summed E-state index contributed by atoms with van der Waals surface area (Å²) in [5, 5.41) is 54.1. The molecule has 17 nitrogen and oxygen atoms in total. The molecule has 59 heavy (non-hydrogen) atoms. The molecule has 0 bridgehead atoms. The minimum atomic E-state index is -1.99. The molecule has 3 aliphatic heterocycles. The van der Waals surface area contributed by atoms with E-state index in [0.29, 0.717) is 25.1 Å². The van der Waals surface area contributed by atoms with Gasteiger partial charge in [-0.05, 0) is 67.9 Å². The molecule has 4 rings (SSSR count). The van der Waals surface area contributed by atoms with Gasteiger partial charge >= 0.3 is 5.97 Å². The SMILES string of the molecule is [B]n1cc(CCN(C)[C@H]2C[C@@H](C)O[C@@H](O[C@@H]3[C@@H](C)[C@H](O[C@H]4C[C@@](C)(OC)[C@@H](O)[C@H](C)O4)[C@@H](C)C(=O)O[C@H](CC)[C@@](C)(O)[C@H](O)[C@@H](C)C(=O)[C@H](C)C[C@@]3(C)OC)[C@@H]2O)nn1. The summed E-state index contributed by atoms with van der Waals surface area (Å²) in [6.45, 7) is 17.5. The van der Waals surface area contributed by atoms with Crippen molar-refractivity contribution in [1.29, 1.82) is 0 Å². The summed E-state index contributed by atoms with van der Waals surface area (Å²) in [6, 6.07) is -0.405. The standard InChI is InChI=1S/C41H71BN4O13/c1-14-29-41(10,52)34(49)23(4)31(47)21(2)18-40(9,54-13)36(59-38-32(48)28(17-22(3)55-38)45(11)16-15-27-20-46(42)44-43-27)24(5)33(25(6)37(51)57-29)58-30-19-39(8,53-12)35(50)26(7)56-30/h20-26,28-30,32-36,38,48-50,52H,14-19H2,1-13H3/t21-,22-,23+,24+,25-,26+,28+,29-,30+,32-,33+,34-,35+,36-,38+,39-,40-,41-/m1/s1. The van der Waals surface area contributed by atoms with Gasteiger partial charge in [0, 0.05) is 63.6 Å². The normalized spacial score (nSPS) is 44.6. The summed E-state index contributed by atoms with van der Waals surface area (Å²) in [4.78, 5) is 30.5. The number of ether oxygens (including phenoxy) is 7. The maximum Gasteiger partial charge on any atom is 0.311 e. The van der Waals surface area contributed by atoms with Crippen LogP contribution in [0.25, 0.3) is 0 Å². The van der Waals surface area contributed by atoms with Crippen molar-refractivity contribution in [3.05, 3.63) is 11.9 Å². The molecule has 3 saturated heterocycles. The van der Waals surface area contributed by atoms with Crippen LogP contribution in [0.15, 0.2) is 6.20 Å². The van der Waals surface area contributed by atoms with Crippen LogP contribution >= 0.6 is 0 Å². The van der Waals surface area contributed by atoms with Crippen LogP contribution in [0.1, 0.15) is 101 Å². The third kappa shape index (κ3) is 10.9. The van der Waals surface area contributed by atoms with Gasteiger partial charge in [0.2, 0.25) is 0 Å². The van der Waals surface area contributed by atoms with Gasteiger partial charge in [0.15, 0.2) is 12.6 Å². The Morgan fingerprint density at radius 2 is 1.59 bits per heavy atom. The number of esters is 1. The van der Waals surface area contributed by atoms with Gasteiger partial charge in [-0.3, -0.25) is 9.59 Å². The Labute approximate surface area is 351 Å². The average molecular weight is 839 g/mol. The fourth-order valence-electron chi connectivity index (χ4n) is 9.39. The quantitative estimate of drug-likeness (QED) is 0.184. The first-order chi connectivity index (χ1) is 27.4. The third-order valence-electron chi connectivity index (χ3n) is 13.5. The number of likely N-dealkylation sites (N-methyl/N-ethyl adjacent to an activating group) is 1. The summed E-state index contributed by atoms with van der Waals surface area (Å²) in [5.41, 5.74) is -3.65. The summed E-state index contributed by atoms with van der Waals surface area (Å²) < 4.78 is 45.5. The molecule has 0 aromatic carbocycles. The number of methoxy groups -OCH3 is 2. The van der Waals surface area contributed by atoms with Crippen LogP contribution in [0.5, 0.6) is 0 Å². The van der Waals surface area contributed by atoms with Crippen molar-refractivity contribution >= 4 is 19.7 Å². The van der Waals surface area contributed by atoms with E-state index in [2.05, 4.69) is 10.3 Å². The molecule has 1 aromatic heterocycles. The molecule has 0 amide bonds. The van der Waals surface area contributed by atoms with Gasteiger partial charge in [-0.15, -0.1) is 5.10 Å². The summed E-state index contributed by atoms with van der Waals surface area (Å²) in [7, 11) is 10.6. The number of aromatic nitrogens is 3. The lowest BCUT2D eigenvalue weighted by Crippen LogP contribution is -2.61. The number of nitrogens with zero attached hydrogens (tertiary/aromatic N) is 4. The van der Waals surface area contributed by atoms with Crippen LogP contribution in [0.3, 0.4) is 0 Å². The maximum absolute atomic E-state index is 14.3. The predicted octanol–water partition coefficient (Wildman–Crippen LogP) is 1.58. The van der Waals surface area contributed by atoms with Gasteiger partial charge in [0.25, 0.3) is 7.98 Å². The lowest BCUT2D eigenvalue weighted by Gasteiger charge is -2.50. The van der Waals surface area contributed by atoms with E-state index in [1.54, 1.807) is 54.7 Å². The minimum Gasteiger partial charge on any atom is -0.459 e. The van der Waals surface area contributed by atoms with E-state index in [1.807, 2.05) is 25.8 Å². The Kier molecular flexibility index (Phi) is 16.8. The van der Waals surface area contributed by atoms with E-state index in [0.717, 1.165) is 4.59 Å². The lowest BCUT2D eigenvalue weighted by molar-refractivity contribution is -0.319. The Hall–Kier alpha value is -2.10. The number of hydrogen-bond donors (Lipinski definition) is 4. The highest BCUT2D eigenvalue weighted by atomic mass is 16.7. The van der Waals surface area contributed by atoms with E-state index >= 15 is 0 Å². The van der Waals surface area contributed by atoms with Crippen molar-refractivity contribution < 1.29 is 63.2 Å². The first-order valence-corrected chi connectivity index (χ1v) is 21.0. The average Bonchev–Trinajstić information content (AvgIpc) is 3.62. The number of carbonyl (C=O) groups is 2. The van der Waals surface area contributed by atoms with Crippen LogP contribution in [0.4, 0.5) is 0 Å². The van der Waals surface area contributed by atoms with Gasteiger partial charge in [-0.25, -0.2) is 0 Å². The summed E-state index contributed by atoms with van der Waals surface area (Å²) >= 11 is 0. The number of Topliss-reactive ketones (excluding diaryl/α,β-unsaturated/α-hetero) is 1. The van der Waals surface area contributed by atoms with Crippen LogP contribution < -0.4 is 0 Å². The molecule has 18 heteroatoms. The second kappa shape index (κ2) is 20.0. The smallest absolute Gasteiger partial charge is 0.311 e. The van der Waals surface area contributed by atoms with Crippen LogP contribution in [-0.2, 0) is 49.2 Å². The molecule has 2 radical (unpaired) electrons. The Morgan fingerprint density at radius 3 is 2.17 bits per heavy atom. The lowest BCUT2D eigenvalue weighted by atomic mass is 9.74. The highest BCUT2D eigenvalue weighted by molar-refractivity contribution is 6.05. The van der Waals surface area contributed by atoms with E-state index in [9.17, 15) is 30.0 Å². The zero-order valence-corrected chi connectivity index (χ0v) is 37.3. The first-order valence-electron chi connectivity index (χ1n) is 21.0. The Bertz CT molecular complexity index is 1540. The van der Waals surface area contributed by atoms with Gasteiger partial charge in [-0.2, -0.15) is 0 Å². The third-order valence-corrected chi connectivity index (χ3v) is 13.5. The molecule has 3 aliphatic rings. The summed E-state index contributed by atoms with van der Waals surface area (Å²) in [5.74, 6) is -4.66. The maximum atomic E-state index is 14.3. The van der Waals surface area contributed by atoms with Gasteiger partial charge < -0.3 is 63.1 Å². The van der Waals surface area contributed by atoms with Crippen LogP contribution in [0, 0.1) is 23.7 Å². The molecule has 4 heterocycles. The predicted molar refractivity (Wildman–Crippen MR) is 215 cm³/mol.